The summed E-state index contributed by atoms with van der Waals surface area (Å²) in [5.74, 6) is 0.684. The molecule has 0 saturated carbocycles. The third-order valence-corrected chi connectivity index (χ3v) is 5.13. The zero-order valence-electron chi connectivity index (χ0n) is 13.8. The first-order valence-electron chi connectivity index (χ1n) is 7.80. The third kappa shape index (κ3) is 4.17. The molecule has 0 unspecified atom stereocenters. The van der Waals surface area contributed by atoms with E-state index in [4.69, 9.17) is 23.2 Å². The molecule has 2 heterocycles. The van der Waals surface area contributed by atoms with E-state index < -0.39 is 0 Å². The molecule has 1 aromatic carbocycles. The number of halogens is 2. The zero-order chi connectivity index (χ0) is 18.5. The fourth-order valence-electron chi connectivity index (χ4n) is 2.32. The number of para-hydroxylation sites is 1. The minimum absolute atomic E-state index is 0.163. The van der Waals surface area contributed by atoms with Gasteiger partial charge in [-0.15, -0.1) is 10.2 Å². The lowest BCUT2D eigenvalue weighted by Gasteiger charge is -2.09. The summed E-state index contributed by atoms with van der Waals surface area (Å²) in [6.07, 6.45) is 3.41. The molecule has 0 fully saturated rings. The first kappa shape index (κ1) is 18.7. The van der Waals surface area contributed by atoms with Crippen LogP contribution in [0.3, 0.4) is 0 Å². The number of rotatable bonds is 6. The lowest BCUT2D eigenvalue weighted by atomic mass is 10.2. The van der Waals surface area contributed by atoms with Gasteiger partial charge in [0.15, 0.2) is 11.0 Å². The highest BCUT2D eigenvalue weighted by atomic mass is 35.5. The van der Waals surface area contributed by atoms with Gasteiger partial charge in [0.1, 0.15) is 0 Å². The smallest absolute Gasteiger partial charge is 0.234 e. The molecular weight excluding hydrogens is 393 g/mol. The summed E-state index contributed by atoms with van der Waals surface area (Å²) in [5, 5.41) is 12.6. The second kappa shape index (κ2) is 8.53. The predicted molar refractivity (Wildman–Crippen MR) is 105 cm³/mol. The Bertz CT molecular complexity index is 897. The Kier molecular flexibility index (Phi) is 6.13. The summed E-state index contributed by atoms with van der Waals surface area (Å²) in [7, 11) is 0. The largest absolute Gasteiger partial charge is 0.323 e. The number of carbonyl (C=O) groups is 1. The van der Waals surface area contributed by atoms with Crippen molar-refractivity contribution in [2.45, 2.75) is 18.6 Å². The van der Waals surface area contributed by atoms with Crippen LogP contribution in [0.5, 0.6) is 0 Å². The van der Waals surface area contributed by atoms with Crippen LogP contribution in [-0.4, -0.2) is 31.4 Å². The van der Waals surface area contributed by atoms with Gasteiger partial charge in [0.25, 0.3) is 0 Å². The maximum absolute atomic E-state index is 12.3. The monoisotopic (exact) mass is 407 g/mol. The molecule has 2 aromatic heterocycles. The van der Waals surface area contributed by atoms with Crippen LogP contribution in [0, 0.1) is 0 Å². The second-order valence-electron chi connectivity index (χ2n) is 5.22. The van der Waals surface area contributed by atoms with Crippen molar-refractivity contribution in [2.24, 2.45) is 0 Å². The number of pyridine rings is 1. The molecule has 0 radical (unpaired) electrons. The summed E-state index contributed by atoms with van der Waals surface area (Å²) < 4.78 is 1.95. The minimum Gasteiger partial charge on any atom is -0.323 e. The van der Waals surface area contributed by atoms with E-state index in [0.29, 0.717) is 27.4 Å². The van der Waals surface area contributed by atoms with Crippen LogP contribution in [0.4, 0.5) is 5.69 Å². The maximum atomic E-state index is 12.3. The van der Waals surface area contributed by atoms with E-state index in [0.717, 1.165) is 11.4 Å². The number of amides is 1. The van der Waals surface area contributed by atoms with Gasteiger partial charge in [-0.3, -0.25) is 9.78 Å². The first-order chi connectivity index (χ1) is 12.6. The highest BCUT2D eigenvalue weighted by Gasteiger charge is 2.15. The van der Waals surface area contributed by atoms with E-state index in [1.54, 1.807) is 30.6 Å². The molecular formula is C17H15Cl2N5OS. The number of carbonyl (C=O) groups excluding carboxylic acids is 1. The second-order valence-corrected chi connectivity index (χ2v) is 6.98. The Hall–Kier alpha value is -2.09. The summed E-state index contributed by atoms with van der Waals surface area (Å²) >= 11 is 13.4. The Morgan fingerprint density at radius 1 is 1.15 bits per heavy atom. The lowest BCUT2D eigenvalue weighted by molar-refractivity contribution is -0.113. The molecule has 3 aromatic rings. The number of anilines is 1. The molecule has 3 rings (SSSR count). The van der Waals surface area contributed by atoms with Crippen LogP contribution < -0.4 is 5.32 Å². The van der Waals surface area contributed by atoms with Crippen LogP contribution in [0.25, 0.3) is 11.4 Å². The van der Waals surface area contributed by atoms with E-state index in [2.05, 4.69) is 20.5 Å². The van der Waals surface area contributed by atoms with Gasteiger partial charge in [-0.1, -0.05) is 41.0 Å². The molecule has 6 nitrogen and oxygen atoms in total. The summed E-state index contributed by atoms with van der Waals surface area (Å²) in [6, 6.07) is 8.81. The quantitative estimate of drug-likeness (QED) is 0.613. The maximum Gasteiger partial charge on any atom is 0.234 e. The highest BCUT2D eigenvalue weighted by molar-refractivity contribution is 7.99. The number of benzene rings is 1. The van der Waals surface area contributed by atoms with E-state index >= 15 is 0 Å². The van der Waals surface area contributed by atoms with Gasteiger partial charge in [-0.25, -0.2) is 0 Å². The molecule has 26 heavy (non-hydrogen) atoms. The van der Waals surface area contributed by atoms with Crippen molar-refractivity contribution in [1.29, 1.82) is 0 Å². The predicted octanol–water partition coefficient (Wildman–Crippen LogP) is 4.40. The number of aromatic nitrogens is 4. The highest BCUT2D eigenvalue weighted by Crippen LogP contribution is 2.30. The number of hydrogen-bond acceptors (Lipinski definition) is 5. The van der Waals surface area contributed by atoms with Crippen molar-refractivity contribution in [3.8, 4) is 11.4 Å². The summed E-state index contributed by atoms with van der Waals surface area (Å²) in [5.41, 5.74) is 1.34. The zero-order valence-corrected chi connectivity index (χ0v) is 16.1. The molecule has 0 atom stereocenters. The summed E-state index contributed by atoms with van der Waals surface area (Å²) in [4.78, 5) is 16.3. The van der Waals surface area contributed by atoms with Gasteiger partial charge in [0.05, 0.1) is 21.5 Å². The molecule has 0 bridgehead atoms. The molecule has 0 spiro atoms. The average molecular weight is 408 g/mol. The van der Waals surface area contributed by atoms with Crippen molar-refractivity contribution < 1.29 is 4.79 Å². The lowest BCUT2D eigenvalue weighted by Crippen LogP contribution is -2.15. The molecule has 9 heteroatoms. The van der Waals surface area contributed by atoms with Gasteiger partial charge in [-0.05, 0) is 31.2 Å². The standard InChI is InChI=1S/C17H15Cl2N5OS/c1-2-24-16(11-6-8-20-9-7-11)22-23-17(24)26-10-14(25)21-15-12(18)4-3-5-13(15)19/h3-9H,2,10H2,1H3,(H,21,25). The van der Waals surface area contributed by atoms with E-state index in [-0.39, 0.29) is 11.7 Å². The van der Waals surface area contributed by atoms with Crippen molar-refractivity contribution >= 4 is 46.6 Å². The summed E-state index contributed by atoms with van der Waals surface area (Å²) in [6.45, 7) is 2.69. The van der Waals surface area contributed by atoms with E-state index in [1.807, 2.05) is 23.6 Å². The average Bonchev–Trinajstić information content (AvgIpc) is 3.07. The number of nitrogens with one attached hydrogen (secondary N) is 1. The topological polar surface area (TPSA) is 72.7 Å². The minimum atomic E-state index is -0.221. The molecule has 1 N–H and O–H groups in total. The van der Waals surface area contributed by atoms with E-state index in [9.17, 15) is 4.79 Å². The Morgan fingerprint density at radius 3 is 2.50 bits per heavy atom. The van der Waals surface area contributed by atoms with Crippen molar-refractivity contribution in [1.82, 2.24) is 19.7 Å². The van der Waals surface area contributed by atoms with Gasteiger partial charge in [0, 0.05) is 24.5 Å². The van der Waals surface area contributed by atoms with Crippen molar-refractivity contribution in [3.63, 3.8) is 0 Å². The van der Waals surface area contributed by atoms with Crippen LogP contribution in [0.2, 0.25) is 10.0 Å². The molecule has 0 aliphatic carbocycles. The molecule has 0 aliphatic heterocycles. The fraction of sp³-hybridized carbons (Fsp3) is 0.176. The van der Waals surface area contributed by atoms with Crippen LogP contribution in [-0.2, 0) is 11.3 Å². The van der Waals surface area contributed by atoms with Gasteiger partial charge in [-0.2, -0.15) is 0 Å². The number of hydrogen-bond donors (Lipinski definition) is 1. The molecule has 1 amide bonds. The van der Waals surface area contributed by atoms with Crippen LogP contribution in [0.1, 0.15) is 6.92 Å². The normalized spacial score (nSPS) is 10.7. The van der Waals surface area contributed by atoms with Crippen molar-refractivity contribution in [2.75, 3.05) is 11.1 Å². The Labute approximate surface area is 164 Å². The van der Waals surface area contributed by atoms with Crippen LogP contribution >= 0.6 is 35.0 Å². The SMILES string of the molecule is CCn1c(SCC(=O)Nc2c(Cl)cccc2Cl)nnc1-c1ccncc1. The van der Waals surface area contributed by atoms with Gasteiger partial charge in [0.2, 0.25) is 5.91 Å². The van der Waals surface area contributed by atoms with Crippen molar-refractivity contribution in [3.05, 3.63) is 52.8 Å². The van der Waals surface area contributed by atoms with Crippen LogP contribution in [0.15, 0.2) is 47.9 Å². The Balaban J connectivity index is 1.70. The molecule has 134 valence electrons. The molecule has 0 aliphatic rings. The van der Waals surface area contributed by atoms with Gasteiger partial charge >= 0.3 is 0 Å². The number of thioether (sulfide) groups is 1. The number of nitrogens with zero attached hydrogens (tertiary/aromatic N) is 4. The van der Waals surface area contributed by atoms with E-state index in [1.165, 1.54) is 11.8 Å². The first-order valence-corrected chi connectivity index (χ1v) is 9.54. The Morgan fingerprint density at radius 2 is 1.85 bits per heavy atom. The fourth-order valence-corrected chi connectivity index (χ4v) is 3.61. The van der Waals surface area contributed by atoms with Gasteiger partial charge < -0.3 is 9.88 Å². The third-order valence-electron chi connectivity index (χ3n) is 3.53. The molecule has 0 saturated heterocycles.